The van der Waals surface area contributed by atoms with E-state index < -0.39 is 0 Å². The summed E-state index contributed by atoms with van der Waals surface area (Å²) in [6.45, 7) is 5.47. The van der Waals surface area contributed by atoms with Gasteiger partial charge in [-0.15, -0.1) is 0 Å². The first-order chi connectivity index (χ1) is 8.72. The minimum atomic E-state index is 0.361. The molecule has 2 rings (SSSR count). The summed E-state index contributed by atoms with van der Waals surface area (Å²) in [5.74, 6) is 1.61. The van der Waals surface area contributed by atoms with E-state index in [1.165, 1.54) is 12.0 Å². The van der Waals surface area contributed by atoms with Crippen molar-refractivity contribution in [2.24, 2.45) is 11.7 Å². The third-order valence-corrected chi connectivity index (χ3v) is 3.93. The maximum atomic E-state index is 6.13. The molecule has 1 heterocycles. The minimum absolute atomic E-state index is 0.361. The van der Waals surface area contributed by atoms with Gasteiger partial charge in [0.15, 0.2) is 0 Å². The Balaban J connectivity index is 1.91. The van der Waals surface area contributed by atoms with E-state index in [4.69, 9.17) is 10.5 Å². The van der Waals surface area contributed by atoms with E-state index in [1.54, 1.807) is 7.11 Å². The second-order valence-electron chi connectivity index (χ2n) is 5.21. The number of nitrogens with two attached hydrogens (primary N) is 1. The van der Waals surface area contributed by atoms with Crippen LogP contribution in [0.2, 0.25) is 0 Å². The highest BCUT2D eigenvalue weighted by molar-refractivity contribution is 5.28. The van der Waals surface area contributed by atoms with Crippen molar-refractivity contribution in [1.29, 1.82) is 0 Å². The van der Waals surface area contributed by atoms with E-state index >= 15 is 0 Å². The van der Waals surface area contributed by atoms with Crippen molar-refractivity contribution < 1.29 is 4.74 Å². The Bertz CT molecular complexity index is 381. The lowest BCUT2D eigenvalue weighted by Crippen LogP contribution is -2.31. The molecule has 100 valence electrons. The third kappa shape index (κ3) is 3.24. The molecular weight excluding hydrogens is 224 g/mol. The van der Waals surface area contributed by atoms with Crippen LogP contribution in [0, 0.1) is 5.92 Å². The van der Waals surface area contributed by atoms with Crippen LogP contribution in [0.25, 0.3) is 0 Å². The summed E-state index contributed by atoms with van der Waals surface area (Å²) >= 11 is 0. The van der Waals surface area contributed by atoms with Crippen LogP contribution >= 0.6 is 0 Å². The van der Waals surface area contributed by atoms with Crippen molar-refractivity contribution in [3.63, 3.8) is 0 Å². The fourth-order valence-electron chi connectivity index (χ4n) is 2.72. The lowest BCUT2D eigenvalue weighted by atomic mass is 9.98. The highest BCUT2D eigenvalue weighted by atomic mass is 16.5. The topological polar surface area (TPSA) is 38.5 Å². The van der Waals surface area contributed by atoms with Gasteiger partial charge in [0.05, 0.1) is 7.11 Å². The number of nitrogens with zero attached hydrogens (tertiary/aromatic N) is 1. The van der Waals surface area contributed by atoms with E-state index in [0.29, 0.717) is 12.0 Å². The van der Waals surface area contributed by atoms with Crippen LogP contribution in [0.15, 0.2) is 24.3 Å². The van der Waals surface area contributed by atoms with Gasteiger partial charge in [-0.1, -0.05) is 19.1 Å². The molecule has 0 aliphatic carbocycles. The minimum Gasteiger partial charge on any atom is -0.497 e. The molecule has 3 nitrogen and oxygen atoms in total. The Morgan fingerprint density at radius 1 is 1.50 bits per heavy atom. The summed E-state index contributed by atoms with van der Waals surface area (Å²) in [6.07, 6.45) is 2.32. The van der Waals surface area contributed by atoms with Gasteiger partial charge in [0, 0.05) is 19.1 Å². The monoisotopic (exact) mass is 248 g/mol. The highest BCUT2D eigenvalue weighted by Crippen LogP contribution is 2.23. The SMILES string of the molecule is CCC(N)C1CCN(Cc2cccc(OC)c2)C1. The average molecular weight is 248 g/mol. The summed E-state index contributed by atoms with van der Waals surface area (Å²) in [7, 11) is 1.71. The maximum Gasteiger partial charge on any atom is 0.119 e. The second-order valence-corrected chi connectivity index (χ2v) is 5.21. The number of hydrogen-bond donors (Lipinski definition) is 1. The predicted octanol–water partition coefficient (Wildman–Crippen LogP) is 2.25. The van der Waals surface area contributed by atoms with Gasteiger partial charge in [-0.25, -0.2) is 0 Å². The largest absolute Gasteiger partial charge is 0.497 e. The van der Waals surface area contributed by atoms with Gasteiger partial charge in [0.2, 0.25) is 0 Å². The fraction of sp³-hybridized carbons (Fsp3) is 0.600. The number of likely N-dealkylation sites (tertiary alicyclic amines) is 1. The van der Waals surface area contributed by atoms with Gasteiger partial charge in [0.1, 0.15) is 5.75 Å². The normalized spacial score (nSPS) is 22.1. The number of rotatable bonds is 5. The van der Waals surface area contributed by atoms with Crippen molar-refractivity contribution in [2.75, 3.05) is 20.2 Å². The summed E-state index contributed by atoms with van der Waals surface area (Å²) < 4.78 is 5.26. The Labute approximate surface area is 110 Å². The molecule has 0 radical (unpaired) electrons. The fourth-order valence-corrected chi connectivity index (χ4v) is 2.72. The van der Waals surface area contributed by atoms with Crippen molar-refractivity contribution >= 4 is 0 Å². The summed E-state index contributed by atoms with van der Waals surface area (Å²) in [5, 5.41) is 0. The molecule has 1 aromatic carbocycles. The standard InChI is InChI=1S/C15H24N2O/c1-3-15(16)13-7-8-17(11-13)10-12-5-4-6-14(9-12)18-2/h4-6,9,13,15H,3,7-8,10-11,16H2,1-2H3. The summed E-state index contributed by atoms with van der Waals surface area (Å²) in [4.78, 5) is 2.50. The molecular formula is C15H24N2O. The van der Waals surface area contributed by atoms with Gasteiger partial charge in [-0.2, -0.15) is 0 Å². The van der Waals surface area contributed by atoms with Gasteiger partial charge in [0.25, 0.3) is 0 Å². The Morgan fingerprint density at radius 2 is 2.33 bits per heavy atom. The van der Waals surface area contributed by atoms with E-state index in [-0.39, 0.29) is 0 Å². The first-order valence-corrected chi connectivity index (χ1v) is 6.83. The smallest absolute Gasteiger partial charge is 0.119 e. The lowest BCUT2D eigenvalue weighted by Gasteiger charge is -2.19. The molecule has 2 unspecified atom stereocenters. The van der Waals surface area contributed by atoms with Gasteiger partial charge < -0.3 is 10.5 Å². The molecule has 0 aromatic heterocycles. The summed E-state index contributed by atoms with van der Waals surface area (Å²) in [6, 6.07) is 8.69. The van der Waals surface area contributed by atoms with Crippen molar-refractivity contribution in [3.8, 4) is 5.75 Å². The number of methoxy groups -OCH3 is 1. The van der Waals surface area contributed by atoms with Crippen LogP contribution < -0.4 is 10.5 Å². The van der Waals surface area contributed by atoms with Crippen LogP contribution in [0.5, 0.6) is 5.75 Å². The first kappa shape index (κ1) is 13.4. The molecule has 1 aliphatic heterocycles. The predicted molar refractivity (Wildman–Crippen MR) is 74.6 cm³/mol. The number of benzene rings is 1. The van der Waals surface area contributed by atoms with Crippen LogP contribution in [0.1, 0.15) is 25.3 Å². The van der Waals surface area contributed by atoms with Crippen LogP contribution in [-0.4, -0.2) is 31.1 Å². The maximum absolute atomic E-state index is 6.13. The highest BCUT2D eigenvalue weighted by Gasteiger charge is 2.26. The molecule has 1 fully saturated rings. The molecule has 1 saturated heterocycles. The quantitative estimate of drug-likeness (QED) is 0.868. The Kier molecular flexibility index (Phi) is 4.61. The van der Waals surface area contributed by atoms with Crippen molar-refractivity contribution in [1.82, 2.24) is 4.90 Å². The molecule has 3 heteroatoms. The molecule has 1 aromatic rings. The molecule has 2 atom stereocenters. The van der Waals surface area contributed by atoms with Gasteiger partial charge in [-0.3, -0.25) is 4.90 Å². The van der Waals surface area contributed by atoms with E-state index in [9.17, 15) is 0 Å². The Hall–Kier alpha value is -1.06. The second kappa shape index (κ2) is 6.21. The third-order valence-electron chi connectivity index (χ3n) is 3.93. The van der Waals surface area contributed by atoms with E-state index in [0.717, 1.165) is 31.8 Å². The number of hydrogen-bond acceptors (Lipinski definition) is 3. The molecule has 0 saturated carbocycles. The number of ether oxygens (including phenoxy) is 1. The van der Waals surface area contributed by atoms with Crippen molar-refractivity contribution in [2.45, 2.75) is 32.4 Å². The van der Waals surface area contributed by atoms with Crippen LogP contribution in [0.3, 0.4) is 0 Å². The molecule has 0 spiro atoms. The molecule has 2 N–H and O–H groups in total. The van der Waals surface area contributed by atoms with Gasteiger partial charge >= 0.3 is 0 Å². The molecule has 18 heavy (non-hydrogen) atoms. The molecule has 1 aliphatic rings. The van der Waals surface area contributed by atoms with Crippen LogP contribution in [0.4, 0.5) is 0 Å². The van der Waals surface area contributed by atoms with Gasteiger partial charge in [-0.05, 0) is 43.0 Å². The van der Waals surface area contributed by atoms with Crippen LogP contribution in [-0.2, 0) is 6.54 Å². The lowest BCUT2D eigenvalue weighted by molar-refractivity contribution is 0.303. The Morgan fingerprint density at radius 3 is 3.06 bits per heavy atom. The average Bonchev–Trinajstić information content (AvgIpc) is 2.86. The zero-order valence-corrected chi connectivity index (χ0v) is 11.4. The molecule has 0 bridgehead atoms. The summed E-state index contributed by atoms with van der Waals surface area (Å²) in [5.41, 5.74) is 7.45. The van der Waals surface area contributed by atoms with E-state index in [2.05, 4.69) is 30.0 Å². The van der Waals surface area contributed by atoms with Crippen molar-refractivity contribution in [3.05, 3.63) is 29.8 Å². The first-order valence-electron chi connectivity index (χ1n) is 6.83. The zero-order chi connectivity index (χ0) is 13.0. The zero-order valence-electron chi connectivity index (χ0n) is 11.4. The van der Waals surface area contributed by atoms with E-state index in [1.807, 2.05) is 6.07 Å². The molecule has 0 amide bonds.